The van der Waals surface area contributed by atoms with Crippen LogP contribution in [-0.2, 0) is 4.74 Å². The number of likely N-dealkylation sites (N-methyl/N-ethyl adjacent to an activating group) is 1. The van der Waals surface area contributed by atoms with Crippen LogP contribution in [0.3, 0.4) is 0 Å². The second-order valence-corrected chi connectivity index (χ2v) is 5.56. The van der Waals surface area contributed by atoms with E-state index in [0.29, 0.717) is 13.2 Å². The largest absolute Gasteiger partial charge is 0.389 e. The van der Waals surface area contributed by atoms with E-state index in [-0.39, 0.29) is 24.0 Å². The van der Waals surface area contributed by atoms with Crippen LogP contribution in [0.15, 0.2) is 0 Å². The van der Waals surface area contributed by atoms with Crippen molar-refractivity contribution in [3.05, 3.63) is 0 Å². The van der Waals surface area contributed by atoms with Gasteiger partial charge in [0.15, 0.2) is 0 Å². The van der Waals surface area contributed by atoms with Gasteiger partial charge in [-0.3, -0.25) is 0 Å². The van der Waals surface area contributed by atoms with Crippen LogP contribution in [-0.4, -0.2) is 31.5 Å². The Bertz CT molecular complexity index is 223. The van der Waals surface area contributed by atoms with Crippen LogP contribution in [0, 0.1) is 5.41 Å². The highest BCUT2D eigenvalue weighted by Gasteiger charge is 2.35. The molecule has 18 heavy (non-hydrogen) atoms. The zero-order chi connectivity index (χ0) is 14.4. The summed E-state index contributed by atoms with van der Waals surface area (Å²) in [4.78, 5) is 0. The van der Waals surface area contributed by atoms with E-state index in [1.165, 1.54) is 0 Å². The lowest BCUT2D eigenvalue weighted by atomic mass is 9.83. The Balaban J connectivity index is 4.70. The third kappa shape index (κ3) is 7.21. The maximum atomic E-state index is 12.3. The van der Waals surface area contributed by atoms with Crippen LogP contribution in [0.25, 0.3) is 0 Å². The summed E-state index contributed by atoms with van der Waals surface area (Å²) in [7, 11) is 0. The fourth-order valence-electron chi connectivity index (χ4n) is 2.09. The predicted molar refractivity (Wildman–Crippen MR) is 67.6 cm³/mol. The summed E-state index contributed by atoms with van der Waals surface area (Å²) in [6, 6.07) is -0.267. The zero-order valence-electron chi connectivity index (χ0n) is 12.0. The van der Waals surface area contributed by atoms with Gasteiger partial charge in [0.05, 0.1) is 6.10 Å². The molecule has 0 aromatic carbocycles. The highest BCUT2D eigenvalue weighted by molar-refractivity contribution is 4.86. The minimum atomic E-state index is -4.11. The van der Waals surface area contributed by atoms with E-state index >= 15 is 0 Å². The minimum absolute atomic E-state index is 0.0548. The molecule has 0 saturated heterocycles. The van der Waals surface area contributed by atoms with Crippen molar-refractivity contribution in [2.75, 3.05) is 13.2 Å². The van der Waals surface area contributed by atoms with Crippen LogP contribution in [0.2, 0.25) is 0 Å². The molecular weight excluding hydrogens is 243 g/mol. The molecule has 5 heteroatoms. The topological polar surface area (TPSA) is 21.3 Å². The zero-order valence-corrected chi connectivity index (χ0v) is 12.0. The van der Waals surface area contributed by atoms with Crippen LogP contribution in [0.1, 0.15) is 47.5 Å². The van der Waals surface area contributed by atoms with E-state index in [1.54, 1.807) is 0 Å². The molecule has 0 spiro atoms. The molecule has 0 aliphatic heterocycles. The lowest BCUT2D eigenvalue weighted by molar-refractivity contribution is -0.140. The second-order valence-electron chi connectivity index (χ2n) is 5.56. The molecule has 0 aliphatic carbocycles. The van der Waals surface area contributed by atoms with Crippen LogP contribution >= 0.6 is 0 Å². The van der Waals surface area contributed by atoms with E-state index < -0.39 is 12.6 Å². The lowest BCUT2D eigenvalue weighted by Gasteiger charge is -2.37. The van der Waals surface area contributed by atoms with Crippen molar-refractivity contribution >= 4 is 0 Å². The predicted octanol–water partition coefficient (Wildman–Crippen LogP) is 3.76. The van der Waals surface area contributed by atoms with Gasteiger partial charge in [-0.15, -0.1) is 0 Å². The van der Waals surface area contributed by atoms with Crippen molar-refractivity contribution in [1.29, 1.82) is 0 Å². The van der Waals surface area contributed by atoms with Gasteiger partial charge in [-0.2, -0.15) is 13.2 Å². The summed E-state index contributed by atoms with van der Waals surface area (Å²) in [5.74, 6) is 0. The molecule has 0 aromatic rings. The normalized spacial score (nSPS) is 16.7. The fraction of sp³-hybridized carbons (Fsp3) is 1.00. The lowest BCUT2D eigenvalue weighted by Crippen LogP contribution is -2.48. The summed E-state index contributed by atoms with van der Waals surface area (Å²) in [5.41, 5.74) is -0.186. The number of hydrogen-bond acceptors (Lipinski definition) is 2. The van der Waals surface area contributed by atoms with Gasteiger partial charge in [-0.05, 0) is 25.3 Å². The van der Waals surface area contributed by atoms with Gasteiger partial charge in [0.1, 0.15) is 0 Å². The molecule has 0 radical (unpaired) electrons. The number of hydrogen-bond donors (Lipinski definition) is 1. The maximum absolute atomic E-state index is 12.3. The van der Waals surface area contributed by atoms with Gasteiger partial charge in [-0.25, -0.2) is 0 Å². The molecular formula is C13H26F3NO. The Morgan fingerprint density at radius 2 is 1.67 bits per heavy atom. The van der Waals surface area contributed by atoms with Gasteiger partial charge in [0.2, 0.25) is 0 Å². The molecule has 110 valence electrons. The third-order valence-corrected chi connectivity index (χ3v) is 2.77. The Kier molecular flexibility index (Phi) is 7.22. The monoisotopic (exact) mass is 269 g/mol. The first-order chi connectivity index (χ1) is 8.11. The van der Waals surface area contributed by atoms with Gasteiger partial charge in [0, 0.05) is 19.1 Å². The summed E-state index contributed by atoms with van der Waals surface area (Å²) in [5, 5.41) is 3.12. The average Bonchev–Trinajstić information content (AvgIpc) is 2.18. The number of ether oxygens (including phenoxy) is 1. The van der Waals surface area contributed by atoms with Crippen molar-refractivity contribution < 1.29 is 17.9 Å². The first-order valence-electron chi connectivity index (χ1n) is 6.53. The van der Waals surface area contributed by atoms with Gasteiger partial charge < -0.3 is 10.1 Å². The first-order valence-corrected chi connectivity index (χ1v) is 6.53. The molecule has 1 N–H and O–H groups in total. The van der Waals surface area contributed by atoms with Gasteiger partial charge >= 0.3 is 6.18 Å². The minimum Gasteiger partial charge on any atom is -0.376 e. The molecule has 0 saturated carbocycles. The Morgan fingerprint density at radius 3 is 2.00 bits per heavy atom. The number of halogens is 3. The molecule has 2 unspecified atom stereocenters. The Labute approximate surface area is 108 Å². The summed E-state index contributed by atoms with van der Waals surface area (Å²) >= 11 is 0. The van der Waals surface area contributed by atoms with E-state index in [0.717, 1.165) is 0 Å². The standard InChI is InChI=1S/C13H26F3NO/c1-6-17-10(8-9-13(14,15)16)11(18-7-2)12(3,4)5/h10-11,17H,6-9H2,1-5H3. The van der Waals surface area contributed by atoms with Crippen molar-refractivity contribution in [2.45, 2.75) is 65.8 Å². The summed E-state index contributed by atoms with van der Waals surface area (Å²) in [6.45, 7) is 10.9. The highest BCUT2D eigenvalue weighted by atomic mass is 19.4. The Hall–Kier alpha value is -0.290. The highest BCUT2D eigenvalue weighted by Crippen LogP contribution is 2.30. The maximum Gasteiger partial charge on any atom is 0.389 e. The van der Waals surface area contributed by atoms with Crippen LogP contribution < -0.4 is 5.32 Å². The number of nitrogens with one attached hydrogen (secondary N) is 1. The molecule has 2 nitrogen and oxygen atoms in total. The summed E-state index contributed by atoms with van der Waals surface area (Å²) in [6.07, 6.45) is -5.05. The SMILES string of the molecule is CCNC(CCC(F)(F)F)C(OCC)C(C)(C)C. The second kappa shape index (κ2) is 7.34. The average molecular weight is 269 g/mol. The van der Waals surface area contributed by atoms with Crippen molar-refractivity contribution in [1.82, 2.24) is 5.32 Å². The van der Waals surface area contributed by atoms with Crippen LogP contribution in [0.4, 0.5) is 13.2 Å². The molecule has 0 heterocycles. The molecule has 0 fully saturated rings. The van der Waals surface area contributed by atoms with E-state index in [2.05, 4.69) is 5.32 Å². The van der Waals surface area contributed by atoms with E-state index in [9.17, 15) is 13.2 Å². The summed E-state index contributed by atoms with van der Waals surface area (Å²) < 4.78 is 42.7. The molecule has 0 amide bonds. The van der Waals surface area contributed by atoms with E-state index in [4.69, 9.17) is 4.74 Å². The fourth-order valence-corrected chi connectivity index (χ4v) is 2.09. The third-order valence-electron chi connectivity index (χ3n) is 2.77. The van der Waals surface area contributed by atoms with Crippen molar-refractivity contribution in [3.8, 4) is 0 Å². The molecule has 0 aromatic heterocycles. The van der Waals surface area contributed by atoms with Crippen molar-refractivity contribution in [3.63, 3.8) is 0 Å². The van der Waals surface area contributed by atoms with Crippen molar-refractivity contribution in [2.24, 2.45) is 5.41 Å². The molecule has 0 bridgehead atoms. The molecule has 0 rings (SSSR count). The van der Waals surface area contributed by atoms with E-state index in [1.807, 2.05) is 34.6 Å². The van der Waals surface area contributed by atoms with Gasteiger partial charge in [-0.1, -0.05) is 27.7 Å². The molecule has 0 aliphatic rings. The number of alkyl halides is 3. The van der Waals surface area contributed by atoms with Crippen LogP contribution in [0.5, 0.6) is 0 Å². The number of rotatable bonds is 7. The smallest absolute Gasteiger partial charge is 0.376 e. The van der Waals surface area contributed by atoms with Gasteiger partial charge in [0.25, 0.3) is 0 Å². The Morgan fingerprint density at radius 1 is 1.11 bits per heavy atom. The first kappa shape index (κ1) is 17.7. The quantitative estimate of drug-likeness (QED) is 0.760. The molecule has 2 atom stereocenters.